The standard InChI is InChI=1S/C14H20BrNS2/c1-2-13-14(18-8-7-17-13)12(16)9-10-5-3-4-6-11(10)15/h3-6,12-14H,2,7-9,16H2,1H3. The Hall–Kier alpha value is 0.360. The van der Waals surface area contributed by atoms with Crippen LogP contribution in [0.25, 0.3) is 0 Å². The summed E-state index contributed by atoms with van der Waals surface area (Å²) in [6.07, 6.45) is 2.20. The molecule has 1 fully saturated rings. The number of hydrogen-bond acceptors (Lipinski definition) is 3. The van der Waals surface area contributed by atoms with Crippen molar-refractivity contribution in [3.63, 3.8) is 0 Å². The van der Waals surface area contributed by atoms with Gasteiger partial charge in [-0.1, -0.05) is 41.1 Å². The molecule has 1 aliphatic rings. The van der Waals surface area contributed by atoms with Crippen LogP contribution in [0.1, 0.15) is 18.9 Å². The lowest BCUT2D eigenvalue weighted by atomic mass is 10.0. The molecular formula is C14H20BrNS2. The predicted octanol–water partition coefficient (Wildman–Crippen LogP) is 3.95. The van der Waals surface area contributed by atoms with Gasteiger partial charge in [0.25, 0.3) is 0 Å². The van der Waals surface area contributed by atoms with Crippen LogP contribution < -0.4 is 5.73 Å². The molecule has 0 aromatic heterocycles. The van der Waals surface area contributed by atoms with Gasteiger partial charge in [0.15, 0.2) is 0 Å². The Balaban J connectivity index is 2.02. The lowest BCUT2D eigenvalue weighted by molar-refractivity contribution is 0.597. The van der Waals surface area contributed by atoms with Crippen LogP contribution in [-0.2, 0) is 6.42 Å². The lowest BCUT2D eigenvalue weighted by Gasteiger charge is -2.34. The third-order valence-electron chi connectivity index (χ3n) is 3.33. The molecule has 2 N–H and O–H groups in total. The van der Waals surface area contributed by atoms with Gasteiger partial charge >= 0.3 is 0 Å². The van der Waals surface area contributed by atoms with Gasteiger partial charge in [-0.15, -0.1) is 0 Å². The van der Waals surface area contributed by atoms with E-state index in [1.54, 1.807) is 0 Å². The quantitative estimate of drug-likeness (QED) is 0.894. The van der Waals surface area contributed by atoms with Gasteiger partial charge in [-0.3, -0.25) is 0 Å². The van der Waals surface area contributed by atoms with Crippen molar-refractivity contribution in [2.45, 2.75) is 36.3 Å². The molecule has 100 valence electrons. The van der Waals surface area contributed by atoms with Crippen LogP contribution in [0, 0.1) is 0 Å². The van der Waals surface area contributed by atoms with Crippen LogP contribution >= 0.6 is 39.5 Å². The second-order valence-electron chi connectivity index (χ2n) is 4.61. The van der Waals surface area contributed by atoms with Crippen molar-refractivity contribution in [3.05, 3.63) is 34.3 Å². The third kappa shape index (κ3) is 3.69. The first-order valence-electron chi connectivity index (χ1n) is 6.44. The Morgan fingerprint density at radius 1 is 1.33 bits per heavy atom. The summed E-state index contributed by atoms with van der Waals surface area (Å²) in [6, 6.07) is 8.67. The van der Waals surface area contributed by atoms with Gasteiger partial charge in [0.1, 0.15) is 0 Å². The van der Waals surface area contributed by atoms with E-state index in [0.29, 0.717) is 5.25 Å². The van der Waals surface area contributed by atoms with E-state index in [1.807, 2.05) is 0 Å². The van der Waals surface area contributed by atoms with Crippen LogP contribution in [-0.4, -0.2) is 28.0 Å². The number of halogens is 1. The number of thioether (sulfide) groups is 2. The maximum Gasteiger partial charge on any atom is 0.0321 e. The largest absolute Gasteiger partial charge is 0.326 e. The average Bonchev–Trinajstić information content (AvgIpc) is 2.41. The summed E-state index contributed by atoms with van der Waals surface area (Å²) in [6.45, 7) is 2.28. The molecule has 18 heavy (non-hydrogen) atoms. The Bertz CT molecular complexity index is 386. The number of hydrogen-bond donors (Lipinski definition) is 1. The van der Waals surface area contributed by atoms with Crippen molar-refractivity contribution in [2.24, 2.45) is 5.73 Å². The fourth-order valence-electron chi connectivity index (χ4n) is 2.37. The molecule has 1 aliphatic heterocycles. The Morgan fingerprint density at radius 3 is 2.78 bits per heavy atom. The zero-order valence-electron chi connectivity index (χ0n) is 10.6. The SMILES string of the molecule is CCC1SCCSC1C(N)Cc1ccccc1Br. The summed E-state index contributed by atoms with van der Waals surface area (Å²) in [5.41, 5.74) is 7.79. The second kappa shape index (κ2) is 7.22. The molecule has 1 nitrogen and oxygen atoms in total. The van der Waals surface area contributed by atoms with Gasteiger partial charge in [0, 0.05) is 32.5 Å². The fourth-order valence-corrected chi connectivity index (χ4v) is 6.01. The Morgan fingerprint density at radius 2 is 2.06 bits per heavy atom. The van der Waals surface area contributed by atoms with Gasteiger partial charge in [-0.25, -0.2) is 0 Å². The van der Waals surface area contributed by atoms with Crippen molar-refractivity contribution < 1.29 is 0 Å². The minimum absolute atomic E-state index is 0.256. The minimum Gasteiger partial charge on any atom is -0.326 e. The minimum atomic E-state index is 0.256. The van der Waals surface area contributed by atoms with Gasteiger partial charge in [0.2, 0.25) is 0 Å². The molecule has 1 aromatic carbocycles. The lowest BCUT2D eigenvalue weighted by Crippen LogP contribution is -2.43. The van der Waals surface area contributed by atoms with Gasteiger partial charge < -0.3 is 5.73 Å². The van der Waals surface area contributed by atoms with E-state index >= 15 is 0 Å². The summed E-state index contributed by atoms with van der Waals surface area (Å²) < 4.78 is 1.18. The molecule has 0 bridgehead atoms. The molecule has 1 saturated heterocycles. The molecule has 1 heterocycles. The highest BCUT2D eigenvalue weighted by molar-refractivity contribution is 9.10. The summed E-state index contributed by atoms with van der Waals surface area (Å²) in [7, 11) is 0. The summed E-state index contributed by atoms with van der Waals surface area (Å²) in [5, 5.41) is 1.32. The van der Waals surface area contributed by atoms with E-state index in [9.17, 15) is 0 Å². The maximum absolute atomic E-state index is 6.46. The molecular weight excluding hydrogens is 326 g/mol. The molecule has 0 radical (unpaired) electrons. The van der Waals surface area contributed by atoms with Crippen LogP contribution in [0.2, 0.25) is 0 Å². The second-order valence-corrected chi connectivity index (χ2v) is 8.10. The first-order chi connectivity index (χ1) is 8.72. The highest BCUT2D eigenvalue weighted by atomic mass is 79.9. The smallest absolute Gasteiger partial charge is 0.0321 e. The van der Waals surface area contributed by atoms with E-state index in [0.717, 1.165) is 11.7 Å². The third-order valence-corrected chi connectivity index (χ3v) is 7.53. The molecule has 4 heteroatoms. The molecule has 3 atom stereocenters. The average molecular weight is 346 g/mol. The molecule has 0 spiro atoms. The van der Waals surface area contributed by atoms with Crippen LogP contribution in [0.5, 0.6) is 0 Å². The first kappa shape index (κ1) is 14.8. The summed E-state index contributed by atoms with van der Waals surface area (Å²) in [5.74, 6) is 2.52. The van der Waals surface area contributed by atoms with Crippen LogP contribution in [0.3, 0.4) is 0 Å². The predicted molar refractivity (Wildman–Crippen MR) is 88.6 cm³/mol. The molecule has 1 aromatic rings. The number of rotatable bonds is 4. The van der Waals surface area contributed by atoms with E-state index in [2.05, 4.69) is 70.6 Å². The zero-order chi connectivity index (χ0) is 13.0. The van der Waals surface area contributed by atoms with E-state index in [1.165, 1.54) is 28.0 Å². The Labute approximate surface area is 127 Å². The van der Waals surface area contributed by atoms with Gasteiger partial charge in [-0.2, -0.15) is 23.5 Å². The molecule has 0 amide bonds. The van der Waals surface area contributed by atoms with Crippen molar-refractivity contribution in [1.29, 1.82) is 0 Å². The van der Waals surface area contributed by atoms with Gasteiger partial charge in [-0.05, 0) is 24.5 Å². The van der Waals surface area contributed by atoms with Crippen molar-refractivity contribution in [3.8, 4) is 0 Å². The monoisotopic (exact) mass is 345 g/mol. The highest BCUT2D eigenvalue weighted by Gasteiger charge is 2.30. The molecule has 0 aliphatic carbocycles. The normalized spacial score (nSPS) is 25.9. The summed E-state index contributed by atoms with van der Waals surface area (Å²) in [4.78, 5) is 0. The molecule has 2 rings (SSSR count). The van der Waals surface area contributed by atoms with E-state index < -0.39 is 0 Å². The number of nitrogens with two attached hydrogens (primary N) is 1. The van der Waals surface area contributed by atoms with Crippen LogP contribution in [0.15, 0.2) is 28.7 Å². The van der Waals surface area contributed by atoms with E-state index in [-0.39, 0.29) is 6.04 Å². The summed E-state index contributed by atoms with van der Waals surface area (Å²) >= 11 is 7.78. The van der Waals surface area contributed by atoms with Crippen molar-refractivity contribution in [2.75, 3.05) is 11.5 Å². The van der Waals surface area contributed by atoms with Crippen LogP contribution in [0.4, 0.5) is 0 Å². The highest BCUT2D eigenvalue weighted by Crippen LogP contribution is 2.35. The van der Waals surface area contributed by atoms with Gasteiger partial charge in [0.05, 0.1) is 0 Å². The number of benzene rings is 1. The fraction of sp³-hybridized carbons (Fsp3) is 0.571. The zero-order valence-corrected chi connectivity index (χ0v) is 13.9. The van der Waals surface area contributed by atoms with Crippen molar-refractivity contribution in [1.82, 2.24) is 0 Å². The van der Waals surface area contributed by atoms with Crippen molar-refractivity contribution >= 4 is 39.5 Å². The maximum atomic E-state index is 6.46. The van der Waals surface area contributed by atoms with E-state index in [4.69, 9.17) is 5.73 Å². The molecule has 0 saturated carbocycles. The Kier molecular flexibility index (Phi) is 5.93. The topological polar surface area (TPSA) is 26.0 Å². The first-order valence-corrected chi connectivity index (χ1v) is 9.33. The molecule has 3 unspecified atom stereocenters.